The molecule has 1 unspecified atom stereocenters. The van der Waals surface area contributed by atoms with E-state index in [1.165, 1.54) is 0 Å². The lowest BCUT2D eigenvalue weighted by atomic mass is 10.1. The summed E-state index contributed by atoms with van der Waals surface area (Å²) in [5.74, 6) is 0. The molecule has 0 N–H and O–H groups in total. The minimum Gasteiger partial charge on any atom is -0.359 e. The second kappa shape index (κ2) is 5.21. The van der Waals surface area contributed by atoms with Gasteiger partial charge in [-0.2, -0.15) is 5.26 Å². The summed E-state index contributed by atoms with van der Waals surface area (Å²) in [6, 6.07) is 7.08. The zero-order valence-corrected chi connectivity index (χ0v) is 9.14. The Morgan fingerprint density at radius 2 is 2.14 bits per heavy atom. The summed E-state index contributed by atoms with van der Waals surface area (Å²) in [7, 11) is 0. The Balaban J connectivity index is 2.95. The Kier molecular flexibility index (Phi) is 4.21. The molecule has 2 nitrogen and oxygen atoms in total. The van der Waals surface area contributed by atoms with Crippen LogP contribution in [0.1, 0.15) is 18.6 Å². The highest BCUT2D eigenvalue weighted by Gasteiger charge is 2.11. The predicted octanol–water partition coefficient (Wildman–Crippen LogP) is 3.59. The number of halogens is 2. The smallest absolute Gasteiger partial charge is 0.169 e. The van der Waals surface area contributed by atoms with Gasteiger partial charge in [0.1, 0.15) is 0 Å². The van der Waals surface area contributed by atoms with E-state index in [4.69, 9.17) is 33.2 Å². The number of benzene rings is 1. The second-order valence-electron chi connectivity index (χ2n) is 2.64. The Hall–Kier alpha value is -0.750. The first-order valence-electron chi connectivity index (χ1n) is 4.15. The van der Waals surface area contributed by atoms with E-state index < -0.39 is 6.10 Å². The van der Waals surface area contributed by atoms with Gasteiger partial charge in [0.2, 0.25) is 0 Å². The van der Waals surface area contributed by atoms with E-state index in [0.29, 0.717) is 16.7 Å². The Bertz CT molecular complexity index is 360. The normalized spacial score (nSPS) is 12.1. The molecule has 14 heavy (non-hydrogen) atoms. The van der Waals surface area contributed by atoms with Crippen LogP contribution in [0, 0.1) is 11.3 Å². The van der Waals surface area contributed by atoms with Gasteiger partial charge in [-0.1, -0.05) is 29.3 Å². The molecule has 0 bridgehead atoms. The highest BCUT2D eigenvalue weighted by molar-refractivity contribution is 6.42. The van der Waals surface area contributed by atoms with Crippen molar-refractivity contribution in [2.75, 3.05) is 6.61 Å². The molecule has 0 saturated carbocycles. The first-order valence-corrected chi connectivity index (χ1v) is 4.90. The lowest BCUT2D eigenvalue weighted by Crippen LogP contribution is -2.01. The van der Waals surface area contributed by atoms with Crippen molar-refractivity contribution >= 4 is 23.2 Å². The van der Waals surface area contributed by atoms with Crippen LogP contribution < -0.4 is 0 Å². The molecule has 0 aliphatic heterocycles. The van der Waals surface area contributed by atoms with E-state index in [0.717, 1.165) is 5.56 Å². The van der Waals surface area contributed by atoms with Crippen LogP contribution in [-0.2, 0) is 4.74 Å². The first kappa shape index (κ1) is 11.3. The maximum atomic E-state index is 8.82. The zero-order valence-electron chi connectivity index (χ0n) is 7.63. The minimum atomic E-state index is -0.574. The third kappa shape index (κ3) is 2.62. The van der Waals surface area contributed by atoms with Crippen LogP contribution in [0.5, 0.6) is 0 Å². The van der Waals surface area contributed by atoms with Gasteiger partial charge >= 0.3 is 0 Å². The van der Waals surface area contributed by atoms with Crippen molar-refractivity contribution in [1.29, 1.82) is 5.26 Å². The molecule has 0 aliphatic rings. The van der Waals surface area contributed by atoms with Crippen LogP contribution in [0.2, 0.25) is 10.0 Å². The molecule has 0 aromatic heterocycles. The van der Waals surface area contributed by atoms with Crippen LogP contribution in [0.4, 0.5) is 0 Å². The van der Waals surface area contributed by atoms with E-state index in [1.54, 1.807) is 18.2 Å². The molecule has 0 spiro atoms. The fraction of sp³-hybridized carbons (Fsp3) is 0.300. The van der Waals surface area contributed by atoms with Gasteiger partial charge in [0.15, 0.2) is 6.10 Å². The van der Waals surface area contributed by atoms with Gasteiger partial charge in [-0.3, -0.25) is 0 Å². The van der Waals surface area contributed by atoms with Crippen molar-refractivity contribution in [2.45, 2.75) is 13.0 Å². The molecule has 0 amide bonds. The number of nitriles is 1. The molecule has 1 aromatic rings. The molecule has 0 aliphatic carbocycles. The van der Waals surface area contributed by atoms with Crippen LogP contribution in [0.25, 0.3) is 0 Å². The number of rotatable bonds is 3. The summed E-state index contributed by atoms with van der Waals surface area (Å²) in [4.78, 5) is 0. The lowest BCUT2D eigenvalue weighted by Gasteiger charge is -2.09. The highest BCUT2D eigenvalue weighted by Crippen LogP contribution is 2.26. The molecular weight excluding hydrogens is 221 g/mol. The third-order valence-electron chi connectivity index (χ3n) is 1.70. The number of nitrogens with zero attached hydrogens (tertiary/aromatic N) is 1. The van der Waals surface area contributed by atoms with Crippen molar-refractivity contribution in [2.24, 2.45) is 0 Å². The Morgan fingerprint density at radius 1 is 1.43 bits per heavy atom. The maximum absolute atomic E-state index is 8.82. The van der Waals surface area contributed by atoms with E-state index in [1.807, 2.05) is 13.0 Å². The largest absolute Gasteiger partial charge is 0.359 e. The number of hydrogen-bond acceptors (Lipinski definition) is 2. The molecule has 0 radical (unpaired) electrons. The zero-order chi connectivity index (χ0) is 10.6. The van der Waals surface area contributed by atoms with Gasteiger partial charge in [0.05, 0.1) is 16.1 Å². The predicted molar refractivity (Wildman–Crippen MR) is 56.4 cm³/mol. The lowest BCUT2D eigenvalue weighted by molar-refractivity contribution is 0.102. The van der Waals surface area contributed by atoms with Gasteiger partial charge in [-0.25, -0.2) is 0 Å². The van der Waals surface area contributed by atoms with Crippen LogP contribution >= 0.6 is 23.2 Å². The van der Waals surface area contributed by atoms with Gasteiger partial charge in [-0.15, -0.1) is 0 Å². The van der Waals surface area contributed by atoms with Gasteiger partial charge in [0.25, 0.3) is 0 Å². The molecule has 0 saturated heterocycles. The average molecular weight is 230 g/mol. The number of ether oxygens (including phenoxy) is 1. The summed E-state index contributed by atoms with van der Waals surface area (Å²) in [5, 5.41) is 9.73. The van der Waals surface area contributed by atoms with Crippen LogP contribution in [0.15, 0.2) is 18.2 Å². The average Bonchev–Trinajstić information content (AvgIpc) is 2.19. The van der Waals surface area contributed by atoms with Gasteiger partial charge < -0.3 is 4.74 Å². The molecule has 1 rings (SSSR count). The molecule has 0 fully saturated rings. The monoisotopic (exact) mass is 229 g/mol. The van der Waals surface area contributed by atoms with E-state index in [9.17, 15) is 0 Å². The van der Waals surface area contributed by atoms with Crippen LogP contribution in [-0.4, -0.2) is 6.61 Å². The van der Waals surface area contributed by atoms with Crippen molar-refractivity contribution in [3.8, 4) is 6.07 Å². The van der Waals surface area contributed by atoms with E-state index in [-0.39, 0.29) is 0 Å². The molecule has 1 aromatic carbocycles. The molecule has 4 heteroatoms. The topological polar surface area (TPSA) is 33.0 Å². The van der Waals surface area contributed by atoms with Crippen molar-refractivity contribution in [3.63, 3.8) is 0 Å². The fourth-order valence-corrected chi connectivity index (χ4v) is 1.36. The summed E-state index contributed by atoms with van der Waals surface area (Å²) in [6.07, 6.45) is -0.574. The van der Waals surface area contributed by atoms with Crippen LogP contribution in [0.3, 0.4) is 0 Å². The fourth-order valence-electron chi connectivity index (χ4n) is 1.05. The summed E-state index contributed by atoms with van der Waals surface area (Å²) in [6.45, 7) is 2.32. The second-order valence-corrected chi connectivity index (χ2v) is 3.45. The SMILES string of the molecule is CCOC(C#N)c1ccc(Cl)c(Cl)c1. The van der Waals surface area contributed by atoms with Crippen molar-refractivity contribution in [3.05, 3.63) is 33.8 Å². The molecule has 74 valence electrons. The van der Waals surface area contributed by atoms with Gasteiger partial charge in [-0.05, 0) is 24.6 Å². The van der Waals surface area contributed by atoms with Gasteiger partial charge in [0, 0.05) is 6.61 Å². The Labute approximate surface area is 93.0 Å². The summed E-state index contributed by atoms with van der Waals surface area (Å²) >= 11 is 11.6. The summed E-state index contributed by atoms with van der Waals surface area (Å²) in [5.41, 5.74) is 0.726. The molecule has 0 heterocycles. The van der Waals surface area contributed by atoms with E-state index in [2.05, 4.69) is 0 Å². The molecular formula is C10H9Cl2NO. The minimum absolute atomic E-state index is 0.434. The van der Waals surface area contributed by atoms with Crippen molar-refractivity contribution < 1.29 is 4.74 Å². The maximum Gasteiger partial charge on any atom is 0.169 e. The standard InChI is InChI=1S/C10H9Cl2NO/c1-2-14-10(6-13)7-3-4-8(11)9(12)5-7/h3-5,10H,2H2,1H3. The first-order chi connectivity index (χ1) is 6.69. The highest BCUT2D eigenvalue weighted by atomic mass is 35.5. The molecule has 1 atom stereocenters. The number of hydrogen-bond donors (Lipinski definition) is 0. The quantitative estimate of drug-likeness (QED) is 0.794. The third-order valence-corrected chi connectivity index (χ3v) is 2.44. The van der Waals surface area contributed by atoms with Crippen molar-refractivity contribution in [1.82, 2.24) is 0 Å². The Morgan fingerprint density at radius 3 is 2.64 bits per heavy atom. The summed E-state index contributed by atoms with van der Waals surface area (Å²) < 4.78 is 5.21. The van der Waals surface area contributed by atoms with E-state index >= 15 is 0 Å².